The van der Waals surface area contributed by atoms with Gasteiger partial charge in [0.1, 0.15) is 0 Å². The van der Waals surface area contributed by atoms with Crippen molar-refractivity contribution in [1.29, 1.82) is 0 Å². The fraction of sp³-hybridized carbons (Fsp3) is 0.857. The van der Waals surface area contributed by atoms with E-state index in [2.05, 4.69) is 50.1 Å². The molecule has 0 saturated heterocycles. The van der Waals surface area contributed by atoms with Gasteiger partial charge in [0.2, 0.25) is 11.8 Å². The zero-order chi connectivity index (χ0) is 13.4. The molecular weight excluding hydrogens is 226 g/mol. The Morgan fingerprint density at radius 1 is 1.17 bits per heavy atom. The Bertz CT molecular complexity index is 395. The van der Waals surface area contributed by atoms with E-state index in [1.54, 1.807) is 0 Å². The average Bonchev–Trinajstić information content (AvgIpc) is 2.66. The van der Waals surface area contributed by atoms with Gasteiger partial charge in [0, 0.05) is 12.3 Å². The monoisotopic (exact) mass is 251 g/mol. The van der Waals surface area contributed by atoms with Crippen LogP contribution >= 0.6 is 0 Å². The largest absolute Gasteiger partial charge is 0.425 e. The number of aryl methyl sites for hydroxylation is 1. The van der Waals surface area contributed by atoms with Crippen molar-refractivity contribution in [3.05, 3.63) is 11.8 Å². The molecule has 0 aliphatic heterocycles. The lowest BCUT2D eigenvalue weighted by atomic mass is 10.0. The summed E-state index contributed by atoms with van der Waals surface area (Å²) in [4.78, 5) is 0. The fourth-order valence-corrected chi connectivity index (χ4v) is 2.84. The van der Waals surface area contributed by atoms with Crippen LogP contribution in [0.3, 0.4) is 0 Å². The molecule has 102 valence electrons. The van der Waals surface area contributed by atoms with Crippen molar-refractivity contribution >= 4 is 0 Å². The van der Waals surface area contributed by atoms with Gasteiger partial charge in [-0.05, 0) is 30.3 Å². The summed E-state index contributed by atoms with van der Waals surface area (Å²) in [6.45, 7) is 13.2. The van der Waals surface area contributed by atoms with E-state index in [-0.39, 0.29) is 10.8 Å². The van der Waals surface area contributed by atoms with Crippen LogP contribution < -0.4 is 5.32 Å². The lowest BCUT2D eigenvalue weighted by molar-refractivity contribution is 0.425. The maximum atomic E-state index is 5.81. The molecule has 18 heavy (non-hydrogen) atoms. The van der Waals surface area contributed by atoms with Crippen molar-refractivity contribution < 1.29 is 4.42 Å². The standard InChI is InChI=1S/C14H25N3O/c1-6-15-9-7-8-10-16-17-12(18-10)11-13(2,3)14(11,4)5/h11,15H,6-9H2,1-5H3. The minimum atomic E-state index is 0.264. The molecule has 0 unspecified atom stereocenters. The highest BCUT2D eigenvalue weighted by atomic mass is 16.4. The fourth-order valence-electron chi connectivity index (χ4n) is 2.84. The molecule has 1 heterocycles. The Balaban J connectivity index is 1.92. The van der Waals surface area contributed by atoms with Gasteiger partial charge in [0.15, 0.2) is 0 Å². The van der Waals surface area contributed by atoms with Crippen molar-refractivity contribution in [3.8, 4) is 0 Å². The Morgan fingerprint density at radius 2 is 1.83 bits per heavy atom. The first-order valence-corrected chi connectivity index (χ1v) is 6.94. The first kappa shape index (κ1) is 13.5. The van der Waals surface area contributed by atoms with Crippen LogP contribution in [0.2, 0.25) is 0 Å². The van der Waals surface area contributed by atoms with Crippen LogP contribution in [0, 0.1) is 10.8 Å². The van der Waals surface area contributed by atoms with Gasteiger partial charge in [0.25, 0.3) is 0 Å². The molecule has 0 spiro atoms. The maximum Gasteiger partial charge on any atom is 0.220 e. The molecular formula is C14H25N3O. The Hall–Kier alpha value is -0.900. The first-order valence-electron chi connectivity index (χ1n) is 6.94. The maximum absolute atomic E-state index is 5.81. The highest BCUT2D eigenvalue weighted by molar-refractivity contribution is 5.24. The molecule has 1 N–H and O–H groups in total. The predicted octanol–water partition coefficient (Wildman–Crippen LogP) is 2.76. The van der Waals surface area contributed by atoms with E-state index < -0.39 is 0 Å². The van der Waals surface area contributed by atoms with Crippen molar-refractivity contribution in [2.24, 2.45) is 10.8 Å². The summed E-state index contributed by atoms with van der Waals surface area (Å²) in [6.07, 6.45) is 1.92. The lowest BCUT2D eigenvalue weighted by Crippen LogP contribution is -2.14. The van der Waals surface area contributed by atoms with E-state index >= 15 is 0 Å². The van der Waals surface area contributed by atoms with Crippen LogP contribution in [0.15, 0.2) is 4.42 Å². The van der Waals surface area contributed by atoms with Crippen LogP contribution in [-0.2, 0) is 6.42 Å². The highest BCUT2D eigenvalue weighted by Gasteiger charge is 2.67. The zero-order valence-corrected chi connectivity index (χ0v) is 12.2. The van der Waals surface area contributed by atoms with Gasteiger partial charge in [-0.25, -0.2) is 0 Å². The van der Waals surface area contributed by atoms with Gasteiger partial charge in [-0.3, -0.25) is 0 Å². The molecule has 1 fully saturated rings. The number of nitrogens with zero attached hydrogens (tertiary/aromatic N) is 2. The average molecular weight is 251 g/mol. The third kappa shape index (κ3) is 2.18. The van der Waals surface area contributed by atoms with E-state index in [1.807, 2.05) is 0 Å². The molecule has 2 rings (SSSR count). The van der Waals surface area contributed by atoms with Crippen molar-refractivity contribution in [2.75, 3.05) is 13.1 Å². The zero-order valence-electron chi connectivity index (χ0n) is 12.2. The lowest BCUT2D eigenvalue weighted by Gasteiger charge is -2.03. The highest BCUT2D eigenvalue weighted by Crippen LogP contribution is 2.73. The molecule has 1 aliphatic carbocycles. The second kappa shape index (κ2) is 4.65. The van der Waals surface area contributed by atoms with Crippen LogP contribution in [0.4, 0.5) is 0 Å². The summed E-state index contributed by atoms with van der Waals surface area (Å²) >= 11 is 0. The van der Waals surface area contributed by atoms with Crippen molar-refractivity contribution in [1.82, 2.24) is 15.5 Å². The Labute approximate surface area is 110 Å². The molecule has 0 bridgehead atoms. The summed E-state index contributed by atoms with van der Waals surface area (Å²) in [7, 11) is 0. The Kier molecular flexibility index (Phi) is 3.49. The number of nitrogens with one attached hydrogen (secondary N) is 1. The van der Waals surface area contributed by atoms with Crippen LogP contribution in [0.5, 0.6) is 0 Å². The third-order valence-electron chi connectivity index (χ3n) is 4.74. The second-order valence-electron chi connectivity index (χ2n) is 6.37. The number of rotatable bonds is 6. The molecule has 1 saturated carbocycles. The number of aromatic nitrogens is 2. The molecule has 0 radical (unpaired) electrons. The molecule has 1 aliphatic rings. The molecule has 0 atom stereocenters. The smallest absolute Gasteiger partial charge is 0.220 e. The van der Waals surface area contributed by atoms with E-state index in [4.69, 9.17) is 4.42 Å². The summed E-state index contributed by atoms with van der Waals surface area (Å²) in [5, 5.41) is 11.7. The minimum absolute atomic E-state index is 0.264. The third-order valence-corrected chi connectivity index (χ3v) is 4.74. The summed E-state index contributed by atoms with van der Waals surface area (Å²) in [5.41, 5.74) is 0.529. The van der Waals surface area contributed by atoms with Crippen LogP contribution in [0.25, 0.3) is 0 Å². The molecule has 0 aromatic carbocycles. The molecule has 0 amide bonds. The summed E-state index contributed by atoms with van der Waals surface area (Å²) in [6, 6.07) is 0. The topological polar surface area (TPSA) is 51.0 Å². The molecule has 4 nitrogen and oxygen atoms in total. The van der Waals surface area contributed by atoms with E-state index in [0.29, 0.717) is 5.92 Å². The first-order chi connectivity index (χ1) is 8.41. The van der Waals surface area contributed by atoms with Gasteiger partial charge < -0.3 is 9.73 Å². The normalized spacial score (nSPS) is 21.2. The summed E-state index contributed by atoms with van der Waals surface area (Å²) in [5.74, 6) is 2.00. The van der Waals surface area contributed by atoms with E-state index in [9.17, 15) is 0 Å². The predicted molar refractivity (Wildman–Crippen MR) is 71.5 cm³/mol. The second-order valence-corrected chi connectivity index (χ2v) is 6.37. The van der Waals surface area contributed by atoms with E-state index in [1.165, 1.54) is 0 Å². The van der Waals surface area contributed by atoms with Crippen molar-refractivity contribution in [2.45, 2.75) is 53.4 Å². The minimum Gasteiger partial charge on any atom is -0.425 e. The molecule has 4 heteroatoms. The van der Waals surface area contributed by atoms with Gasteiger partial charge >= 0.3 is 0 Å². The van der Waals surface area contributed by atoms with Crippen LogP contribution in [0.1, 0.15) is 58.7 Å². The number of hydrogen-bond acceptors (Lipinski definition) is 4. The quantitative estimate of drug-likeness (QED) is 0.790. The van der Waals surface area contributed by atoms with E-state index in [0.717, 1.165) is 37.7 Å². The number of hydrogen-bond donors (Lipinski definition) is 1. The van der Waals surface area contributed by atoms with Gasteiger partial charge in [-0.1, -0.05) is 34.6 Å². The Morgan fingerprint density at radius 3 is 2.39 bits per heavy atom. The van der Waals surface area contributed by atoms with Gasteiger partial charge in [-0.15, -0.1) is 10.2 Å². The van der Waals surface area contributed by atoms with Gasteiger partial charge in [0.05, 0.1) is 0 Å². The van der Waals surface area contributed by atoms with Crippen molar-refractivity contribution in [3.63, 3.8) is 0 Å². The SMILES string of the molecule is CCNCCCc1nnc(C2C(C)(C)C2(C)C)o1. The van der Waals surface area contributed by atoms with Gasteiger partial charge in [-0.2, -0.15) is 0 Å². The summed E-state index contributed by atoms with van der Waals surface area (Å²) < 4.78 is 5.81. The van der Waals surface area contributed by atoms with Crippen LogP contribution in [-0.4, -0.2) is 23.3 Å². The molecule has 1 aromatic rings. The molecule has 1 aromatic heterocycles.